The molecule has 0 amide bonds. The monoisotopic (exact) mass is 250 g/mol. The lowest BCUT2D eigenvalue weighted by Gasteiger charge is -2.14. The van der Waals surface area contributed by atoms with E-state index >= 15 is 0 Å². The van der Waals surface area contributed by atoms with Gasteiger partial charge in [0.15, 0.2) is 9.84 Å². The fourth-order valence-electron chi connectivity index (χ4n) is 1.64. The standard InChI is InChI=1S/C13H14O3S/c1-11-9-13(7-8-16-11)17(14,15)10-12-5-3-2-4-6-12/h2-9,11H,10H2,1H3. The second-order valence-electron chi connectivity index (χ2n) is 3.96. The molecule has 2 rings (SSSR count). The van der Waals surface area contributed by atoms with Gasteiger partial charge in [0.05, 0.1) is 16.9 Å². The summed E-state index contributed by atoms with van der Waals surface area (Å²) in [5, 5.41) is 0. The van der Waals surface area contributed by atoms with Crippen molar-refractivity contribution in [2.24, 2.45) is 0 Å². The zero-order valence-electron chi connectivity index (χ0n) is 9.54. The third-order valence-electron chi connectivity index (χ3n) is 2.48. The molecule has 1 heterocycles. The van der Waals surface area contributed by atoms with Gasteiger partial charge in [0.2, 0.25) is 0 Å². The molecule has 1 aliphatic heterocycles. The van der Waals surface area contributed by atoms with E-state index in [1.165, 1.54) is 12.3 Å². The fourth-order valence-corrected chi connectivity index (χ4v) is 3.10. The van der Waals surface area contributed by atoms with E-state index in [9.17, 15) is 8.42 Å². The van der Waals surface area contributed by atoms with Crippen molar-refractivity contribution >= 4 is 9.84 Å². The predicted molar refractivity (Wildman–Crippen MR) is 66.8 cm³/mol. The fraction of sp³-hybridized carbons (Fsp3) is 0.231. The van der Waals surface area contributed by atoms with Gasteiger partial charge < -0.3 is 4.74 Å². The average Bonchev–Trinajstić information content (AvgIpc) is 2.30. The minimum Gasteiger partial charge on any atom is -0.494 e. The molecule has 1 aliphatic rings. The second kappa shape index (κ2) is 4.75. The Morgan fingerprint density at radius 1 is 1.24 bits per heavy atom. The van der Waals surface area contributed by atoms with Crippen LogP contribution in [0.5, 0.6) is 0 Å². The van der Waals surface area contributed by atoms with Crippen molar-refractivity contribution in [2.75, 3.05) is 0 Å². The molecule has 0 saturated heterocycles. The van der Waals surface area contributed by atoms with Gasteiger partial charge in [-0.2, -0.15) is 0 Å². The van der Waals surface area contributed by atoms with E-state index in [-0.39, 0.29) is 11.9 Å². The number of hydrogen-bond acceptors (Lipinski definition) is 3. The van der Waals surface area contributed by atoms with Crippen LogP contribution in [0.25, 0.3) is 0 Å². The Morgan fingerprint density at radius 3 is 2.59 bits per heavy atom. The zero-order chi connectivity index (χ0) is 12.3. The van der Waals surface area contributed by atoms with Crippen molar-refractivity contribution in [1.29, 1.82) is 0 Å². The summed E-state index contributed by atoms with van der Waals surface area (Å²) in [6.07, 6.45) is 4.36. The van der Waals surface area contributed by atoms with E-state index in [1.54, 1.807) is 6.08 Å². The predicted octanol–water partition coefficient (Wildman–Crippen LogP) is 2.42. The van der Waals surface area contributed by atoms with Crippen LogP contribution in [0.1, 0.15) is 12.5 Å². The Bertz CT molecular complexity index is 541. The van der Waals surface area contributed by atoms with E-state index in [1.807, 2.05) is 37.3 Å². The molecule has 0 aromatic heterocycles. The SMILES string of the molecule is CC1C=C(S(=O)(=O)Cc2ccccc2)C=CO1. The first-order valence-corrected chi connectivity index (χ1v) is 7.04. The van der Waals surface area contributed by atoms with Crippen LogP contribution in [-0.2, 0) is 20.3 Å². The molecule has 1 atom stereocenters. The molecule has 0 N–H and O–H groups in total. The number of rotatable bonds is 3. The summed E-state index contributed by atoms with van der Waals surface area (Å²) in [6.45, 7) is 1.81. The van der Waals surface area contributed by atoms with Gasteiger partial charge in [0.25, 0.3) is 0 Å². The zero-order valence-corrected chi connectivity index (χ0v) is 10.4. The molecule has 0 spiro atoms. The highest BCUT2D eigenvalue weighted by Crippen LogP contribution is 2.19. The van der Waals surface area contributed by atoms with E-state index in [4.69, 9.17) is 4.74 Å². The molecule has 1 unspecified atom stereocenters. The van der Waals surface area contributed by atoms with Crippen molar-refractivity contribution in [3.8, 4) is 0 Å². The normalized spacial score (nSPS) is 19.6. The minimum atomic E-state index is -3.28. The van der Waals surface area contributed by atoms with E-state index in [0.29, 0.717) is 4.91 Å². The van der Waals surface area contributed by atoms with Crippen molar-refractivity contribution in [3.63, 3.8) is 0 Å². The van der Waals surface area contributed by atoms with E-state index in [2.05, 4.69) is 0 Å². The quantitative estimate of drug-likeness (QED) is 0.827. The first kappa shape index (κ1) is 11.9. The highest BCUT2D eigenvalue weighted by molar-refractivity contribution is 7.94. The van der Waals surface area contributed by atoms with Crippen molar-refractivity contribution < 1.29 is 13.2 Å². The first-order valence-electron chi connectivity index (χ1n) is 5.38. The van der Waals surface area contributed by atoms with Crippen molar-refractivity contribution in [3.05, 3.63) is 59.2 Å². The van der Waals surface area contributed by atoms with Crippen molar-refractivity contribution in [2.45, 2.75) is 18.8 Å². The van der Waals surface area contributed by atoms with Crippen molar-refractivity contribution in [1.82, 2.24) is 0 Å². The Kier molecular flexibility index (Phi) is 3.33. The van der Waals surface area contributed by atoms with E-state index in [0.717, 1.165) is 5.56 Å². The maximum atomic E-state index is 12.1. The molecule has 0 aliphatic carbocycles. The van der Waals surface area contributed by atoms with Gasteiger partial charge in [-0.05, 0) is 24.6 Å². The van der Waals surface area contributed by atoms with Crippen LogP contribution in [0, 0.1) is 0 Å². The Balaban J connectivity index is 2.23. The molecule has 1 aromatic rings. The maximum Gasteiger partial charge on any atom is 0.182 e. The number of hydrogen-bond donors (Lipinski definition) is 0. The maximum absolute atomic E-state index is 12.1. The Hall–Kier alpha value is -1.55. The van der Waals surface area contributed by atoms with Gasteiger partial charge in [-0.3, -0.25) is 0 Å². The van der Waals surface area contributed by atoms with Gasteiger partial charge in [-0.1, -0.05) is 30.3 Å². The topological polar surface area (TPSA) is 43.4 Å². The molecule has 17 heavy (non-hydrogen) atoms. The highest BCUT2D eigenvalue weighted by Gasteiger charge is 2.19. The summed E-state index contributed by atoms with van der Waals surface area (Å²) >= 11 is 0. The summed E-state index contributed by atoms with van der Waals surface area (Å²) in [6, 6.07) is 9.16. The third-order valence-corrected chi connectivity index (χ3v) is 4.19. The van der Waals surface area contributed by atoms with Crippen LogP contribution in [0.4, 0.5) is 0 Å². The Labute approximate surface area is 101 Å². The lowest BCUT2D eigenvalue weighted by atomic mass is 10.2. The molecule has 4 heteroatoms. The van der Waals surface area contributed by atoms with Crippen LogP contribution in [0.3, 0.4) is 0 Å². The van der Waals surface area contributed by atoms with Gasteiger partial charge in [0.1, 0.15) is 6.10 Å². The van der Waals surface area contributed by atoms with Crippen LogP contribution in [0.15, 0.2) is 53.7 Å². The number of ether oxygens (including phenoxy) is 1. The lowest BCUT2D eigenvalue weighted by molar-refractivity contribution is 0.200. The first-order chi connectivity index (χ1) is 8.08. The summed E-state index contributed by atoms with van der Waals surface area (Å²) in [7, 11) is -3.28. The molecule has 0 bridgehead atoms. The van der Waals surface area contributed by atoms with Gasteiger partial charge in [-0.25, -0.2) is 8.42 Å². The van der Waals surface area contributed by atoms with E-state index < -0.39 is 9.84 Å². The smallest absolute Gasteiger partial charge is 0.182 e. The largest absolute Gasteiger partial charge is 0.494 e. The third kappa shape index (κ3) is 2.97. The lowest BCUT2D eigenvalue weighted by Crippen LogP contribution is -2.12. The summed E-state index contributed by atoms with van der Waals surface area (Å²) < 4.78 is 29.4. The molecule has 0 saturated carbocycles. The molecular weight excluding hydrogens is 236 g/mol. The summed E-state index contributed by atoms with van der Waals surface area (Å²) in [5.41, 5.74) is 0.793. The van der Waals surface area contributed by atoms with Crippen LogP contribution < -0.4 is 0 Å². The Morgan fingerprint density at radius 2 is 1.94 bits per heavy atom. The molecule has 1 aromatic carbocycles. The molecular formula is C13H14O3S. The minimum absolute atomic E-state index is 0.0245. The number of benzene rings is 1. The van der Waals surface area contributed by atoms with Gasteiger partial charge >= 0.3 is 0 Å². The van der Waals surface area contributed by atoms with Crippen LogP contribution >= 0.6 is 0 Å². The molecule has 0 radical (unpaired) electrons. The summed E-state index contributed by atoms with van der Waals surface area (Å²) in [5.74, 6) is 0.0245. The van der Waals surface area contributed by atoms with Gasteiger partial charge in [-0.15, -0.1) is 0 Å². The van der Waals surface area contributed by atoms with Crippen LogP contribution in [-0.4, -0.2) is 14.5 Å². The number of allylic oxidation sites excluding steroid dienone is 1. The van der Waals surface area contributed by atoms with Gasteiger partial charge in [0, 0.05) is 0 Å². The second-order valence-corrected chi connectivity index (χ2v) is 5.95. The highest BCUT2D eigenvalue weighted by atomic mass is 32.2. The average molecular weight is 250 g/mol. The molecule has 3 nitrogen and oxygen atoms in total. The molecule has 90 valence electrons. The summed E-state index contributed by atoms with van der Waals surface area (Å²) in [4.78, 5) is 0.333. The van der Waals surface area contributed by atoms with Crippen LogP contribution in [0.2, 0.25) is 0 Å². The number of sulfone groups is 1. The molecule has 0 fully saturated rings.